The molecule has 2 heterocycles. The quantitative estimate of drug-likeness (QED) is 0.676. The smallest absolute Gasteiger partial charge is 0.223 e. The predicted octanol–water partition coefficient (Wildman–Crippen LogP) is 4.11. The number of para-hydroxylation sites is 1. The normalized spacial score (nSPS) is 19.2. The van der Waals surface area contributed by atoms with E-state index >= 15 is 0 Å². The summed E-state index contributed by atoms with van der Waals surface area (Å²) in [6.45, 7) is 8.85. The fraction of sp³-hybridized carbons (Fsp3) is 0.609. The Kier molecular flexibility index (Phi) is 6.39. The molecule has 1 amide bonds. The second kappa shape index (κ2) is 9.02. The van der Waals surface area contributed by atoms with E-state index < -0.39 is 0 Å². The lowest BCUT2D eigenvalue weighted by Gasteiger charge is -2.32. The highest BCUT2D eigenvalue weighted by Gasteiger charge is 2.31. The van der Waals surface area contributed by atoms with Crippen LogP contribution in [0.4, 0.5) is 0 Å². The van der Waals surface area contributed by atoms with Crippen LogP contribution in [0.5, 0.6) is 0 Å². The van der Waals surface area contributed by atoms with Gasteiger partial charge < -0.3 is 5.32 Å². The number of likely N-dealkylation sites (tertiary alicyclic amines) is 1. The molecule has 1 saturated carbocycles. The zero-order valence-corrected chi connectivity index (χ0v) is 19.1. The number of benzene rings is 1. The van der Waals surface area contributed by atoms with Crippen LogP contribution in [0.3, 0.4) is 0 Å². The van der Waals surface area contributed by atoms with Crippen molar-refractivity contribution in [3.8, 4) is 5.69 Å². The molecule has 1 saturated heterocycles. The number of nitrogens with zero attached hydrogens (tertiary/aromatic N) is 4. The van der Waals surface area contributed by atoms with Crippen molar-refractivity contribution < 1.29 is 4.79 Å². The molecule has 1 aromatic heterocycles. The van der Waals surface area contributed by atoms with Gasteiger partial charge >= 0.3 is 0 Å². The monoisotopic (exact) mass is 427 g/mol. The van der Waals surface area contributed by atoms with Crippen LogP contribution in [0.15, 0.2) is 30.3 Å². The van der Waals surface area contributed by atoms with Crippen molar-refractivity contribution in [3.63, 3.8) is 0 Å². The maximum atomic E-state index is 12.6. The van der Waals surface area contributed by atoms with E-state index in [1.807, 2.05) is 22.9 Å². The van der Waals surface area contributed by atoms with Crippen LogP contribution >= 0.6 is 12.2 Å². The van der Waals surface area contributed by atoms with Gasteiger partial charge in [0.25, 0.3) is 0 Å². The van der Waals surface area contributed by atoms with Gasteiger partial charge in [-0.05, 0) is 62.9 Å². The first-order valence-electron chi connectivity index (χ1n) is 11.2. The predicted molar refractivity (Wildman–Crippen MR) is 121 cm³/mol. The Morgan fingerprint density at radius 1 is 1.13 bits per heavy atom. The highest BCUT2D eigenvalue weighted by molar-refractivity contribution is 7.71. The Labute approximate surface area is 184 Å². The Bertz CT molecular complexity index is 923. The summed E-state index contributed by atoms with van der Waals surface area (Å²) in [5.74, 6) is 2.38. The van der Waals surface area contributed by atoms with Crippen LogP contribution < -0.4 is 5.32 Å². The van der Waals surface area contributed by atoms with Crippen LogP contribution in [-0.4, -0.2) is 44.3 Å². The third-order valence-corrected chi connectivity index (χ3v) is 6.88. The van der Waals surface area contributed by atoms with Gasteiger partial charge in [-0.3, -0.25) is 14.3 Å². The van der Waals surface area contributed by atoms with Gasteiger partial charge in [0.2, 0.25) is 10.7 Å². The average molecular weight is 428 g/mol. The topological polar surface area (TPSA) is 55.1 Å². The van der Waals surface area contributed by atoms with Gasteiger partial charge in [-0.1, -0.05) is 32.0 Å². The van der Waals surface area contributed by atoms with Gasteiger partial charge in [0.05, 0.1) is 6.67 Å². The van der Waals surface area contributed by atoms with Crippen LogP contribution in [0, 0.1) is 16.6 Å². The molecule has 1 unspecified atom stereocenters. The molecule has 1 aliphatic heterocycles. The molecule has 1 atom stereocenters. The molecule has 7 heteroatoms. The van der Waals surface area contributed by atoms with Crippen LogP contribution in [0.1, 0.15) is 58.2 Å². The van der Waals surface area contributed by atoms with E-state index in [1.165, 1.54) is 12.8 Å². The molecule has 6 nitrogen and oxygen atoms in total. The van der Waals surface area contributed by atoms with Gasteiger partial charge in [-0.2, -0.15) is 5.10 Å². The van der Waals surface area contributed by atoms with E-state index in [4.69, 9.17) is 17.3 Å². The summed E-state index contributed by atoms with van der Waals surface area (Å²) in [7, 11) is 0. The van der Waals surface area contributed by atoms with Crippen molar-refractivity contribution in [2.24, 2.45) is 11.8 Å². The lowest BCUT2D eigenvalue weighted by atomic mass is 9.95. The van der Waals surface area contributed by atoms with Gasteiger partial charge in [0.15, 0.2) is 0 Å². The molecule has 1 aliphatic carbocycles. The van der Waals surface area contributed by atoms with Gasteiger partial charge in [0, 0.05) is 36.7 Å². The Morgan fingerprint density at radius 2 is 1.80 bits per heavy atom. The fourth-order valence-electron chi connectivity index (χ4n) is 3.98. The summed E-state index contributed by atoms with van der Waals surface area (Å²) >= 11 is 5.82. The summed E-state index contributed by atoms with van der Waals surface area (Å²) in [4.78, 5) is 14.9. The summed E-state index contributed by atoms with van der Waals surface area (Å²) < 4.78 is 4.87. The minimum absolute atomic E-state index is 0.110. The molecular weight excluding hydrogens is 394 g/mol. The van der Waals surface area contributed by atoms with Gasteiger partial charge in [-0.15, -0.1) is 0 Å². The molecule has 2 fully saturated rings. The van der Waals surface area contributed by atoms with E-state index in [0.29, 0.717) is 18.5 Å². The molecule has 0 bridgehead atoms. The van der Waals surface area contributed by atoms with Crippen molar-refractivity contribution in [1.82, 2.24) is 24.6 Å². The fourth-order valence-corrected chi connectivity index (χ4v) is 4.27. The molecule has 0 radical (unpaired) electrons. The first-order chi connectivity index (χ1) is 14.4. The minimum atomic E-state index is 0.110. The number of piperidine rings is 1. The van der Waals surface area contributed by atoms with Crippen LogP contribution in [0.2, 0.25) is 0 Å². The summed E-state index contributed by atoms with van der Waals surface area (Å²) in [6.07, 6.45) is 4.15. The van der Waals surface area contributed by atoms with Crippen LogP contribution in [-0.2, 0) is 11.5 Å². The molecule has 1 aromatic carbocycles. The first kappa shape index (κ1) is 21.2. The second-order valence-corrected chi connectivity index (χ2v) is 9.53. The summed E-state index contributed by atoms with van der Waals surface area (Å²) in [5, 5.41) is 8.09. The second-order valence-electron chi connectivity index (χ2n) is 9.16. The van der Waals surface area contributed by atoms with Gasteiger partial charge in [-0.25, -0.2) is 4.68 Å². The van der Waals surface area contributed by atoms with Crippen molar-refractivity contribution in [1.29, 1.82) is 0 Å². The maximum absolute atomic E-state index is 12.6. The van der Waals surface area contributed by atoms with Crippen LogP contribution in [0.25, 0.3) is 5.69 Å². The number of amides is 1. The average Bonchev–Trinajstić information content (AvgIpc) is 3.54. The van der Waals surface area contributed by atoms with E-state index in [2.05, 4.69) is 47.7 Å². The first-order valence-corrected chi connectivity index (χ1v) is 11.6. The zero-order chi connectivity index (χ0) is 21.3. The molecule has 2 aliphatic rings. The number of rotatable bonds is 7. The van der Waals surface area contributed by atoms with E-state index in [1.54, 1.807) is 0 Å². The van der Waals surface area contributed by atoms with Crippen molar-refractivity contribution >= 4 is 18.1 Å². The van der Waals surface area contributed by atoms with Crippen molar-refractivity contribution in [2.45, 2.75) is 65.1 Å². The van der Waals surface area contributed by atoms with Crippen molar-refractivity contribution in [2.75, 3.05) is 13.1 Å². The molecule has 30 heavy (non-hydrogen) atoms. The van der Waals surface area contributed by atoms with E-state index in [0.717, 1.165) is 42.2 Å². The number of hydrogen-bond acceptors (Lipinski definition) is 4. The van der Waals surface area contributed by atoms with Crippen molar-refractivity contribution in [3.05, 3.63) is 40.9 Å². The molecule has 162 valence electrons. The van der Waals surface area contributed by atoms with E-state index in [9.17, 15) is 4.79 Å². The number of hydrogen-bond donors (Lipinski definition) is 1. The molecule has 1 N–H and O–H groups in total. The largest absolute Gasteiger partial charge is 0.353 e. The summed E-state index contributed by atoms with van der Waals surface area (Å²) in [6, 6.07) is 10.5. The minimum Gasteiger partial charge on any atom is -0.353 e. The highest BCUT2D eigenvalue weighted by atomic mass is 32.1. The van der Waals surface area contributed by atoms with E-state index in [-0.39, 0.29) is 17.9 Å². The number of nitrogens with one attached hydrogen (secondary N) is 1. The zero-order valence-electron chi connectivity index (χ0n) is 18.3. The molecule has 2 aromatic rings. The third kappa shape index (κ3) is 4.67. The SMILES string of the molecule is CC(C)C(C)NC(=O)C1CCN(Cn2nc(C3CC3)n(-c3ccccc3)c2=S)CC1. The molecular formula is C23H33N5OS. The number of aromatic nitrogens is 3. The number of carbonyl (C=O) groups excluding carboxylic acids is 1. The Balaban J connectivity index is 1.41. The highest BCUT2D eigenvalue weighted by Crippen LogP contribution is 2.40. The Hall–Kier alpha value is -1.99. The lowest BCUT2D eigenvalue weighted by molar-refractivity contribution is -0.127. The lowest BCUT2D eigenvalue weighted by Crippen LogP contribution is -2.44. The standard InChI is InChI=1S/C23H33N5OS/c1-16(2)17(3)24-22(29)19-11-13-26(14-12-19)15-27-23(30)28(20-7-5-4-6-8-20)21(25-27)18-9-10-18/h4-8,16-19H,9-15H2,1-3H3,(H,24,29). The molecule has 4 rings (SSSR count). The number of carbonyl (C=O) groups is 1. The Morgan fingerprint density at radius 3 is 2.40 bits per heavy atom. The third-order valence-electron chi connectivity index (χ3n) is 6.48. The molecule has 0 spiro atoms. The summed E-state index contributed by atoms with van der Waals surface area (Å²) in [5.41, 5.74) is 1.09. The van der Waals surface area contributed by atoms with Gasteiger partial charge in [0.1, 0.15) is 5.82 Å². The maximum Gasteiger partial charge on any atom is 0.223 e.